The molecule has 0 radical (unpaired) electrons. The summed E-state index contributed by atoms with van der Waals surface area (Å²) in [6.07, 6.45) is 9.21. The van der Waals surface area contributed by atoms with Crippen molar-refractivity contribution in [3.8, 4) is 0 Å². The quantitative estimate of drug-likeness (QED) is 0.850. The summed E-state index contributed by atoms with van der Waals surface area (Å²) in [5.74, 6) is 3.23. The van der Waals surface area contributed by atoms with Crippen molar-refractivity contribution in [2.24, 2.45) is 29.1 Å². The summed E-state index contributed by atoms with van der Waals surface area (Å²) in [5, 5.41) is 10.1. The molecule has 3 nitrogen and oxygen atoms in total. The van der Waals surface area contributed by atoms with Crippen LogP contribution in [0.5, 0.6) is 0 Å². The fourth-order valence-corrected chi connectivity index (χ4v) is 6.31. The van der Waals surface area contributed by atoms with E-state index in [9.17, 15) is 9.90 Å². The predicted octanol–water partition coefficient (Wildman–Crippen LogP) is 2.82. The Balaban J connectivity index is 1.52. The Bertz CT molecular complexity index is 398. The lowest BCUT2D eigenvalue weighted by Gasteiger charge is -2.57. The minimum absolute atomic E-state index is 0.00463. The van der Waals surface area contributed by atoms with Crippen molar-refractivity contribution in [2.45, 2.75) is 64.4 Å². The summed E-state index contributed by atoms with van der Waals surface area (Å²) in [7, 11) is 0. The van der Waals surface area contributed by atoms with Gasteiger partial charge in [-0.25, -0.2) is 0 Å². The molecule has 0 aromatic heterocycles. The van der Waals surface area contributed by atoms with E-state index in [4.69, 9.17) is 0 Å². The largest absolute Gasteiger partial charge is 0.393 e. The highest BCUT2D eigenvalue weighted by Gasteiger charge is 2.55. The number of piperidine rings is 1. The standard InChI is InChI=1S/C18H29NO2/c1-2-15-11-19(4-3-16(15)20)17(21)18-8-12-5-13(9-18)7-14(6-12)10-18/h12-16,20H,2-11H2,1H3. The van der Waals surface area contributed by atoms with E-state index in [2.05, 4.69) is 11.8 Å². The molecule has 1 saturated heterocycles. The summed E-state index contributed by atoms with van der Waals surface area (Å²) in [6, 6.07) is 0. The van der Waals surface area contributed by atoms with Crippen molar-refractivity contribution in [3.63, 3.8) is 0 Å². The van der Waals surface area contributed by atoms with Crippen molar-refractivity contribution in [1.29, 1.82) is 0 Å². The molecule has 5 aliphatic rings. The van der Waals surface area contributed by atoms with Crippen molar-refractivity contribution in [2.75, 3.05) is 13.1 Å². The molecular weight excluding hydrogens is 262 g/mol. The molecule has 21 heavy (non-hydrogen) atoms. The number of amides is 1. The second-order valence-electron chi connectivity index (χ2n) is 8.47. The number of aliphatic hydroxyl groups is 1. The van der Waals surface area contributed by atoms with Crippen LogP contribution in [0.4, 0.5) is 0 Å². The van der Waals surface area contributed by atoms with E-state index in [-0.39, 0.29) is 17.4 Å². The number of rotatable bonds is 2. The monoisotopic (exact) mass is 291 g/mol. The van der Waals surface area contributed by atoms with Crippen LogP contribution in [0, 0.1) is 29.1 Å². The van der Waals surface area contributed by atoms with Crippen LogP contribution in [0.3, 0.4) is 0 Å². The topological polar surface area (TPSA) is 40.5 Å². The lowest BCUT2D eigenvalue weighted by Crippen LogP contribution is -2.57. The third-order valence-corrected chi connectivity index (χ3v) is 7.00. The summed E-state index contributed by atoms with van der Waals surface area (Å²) >= 11 is 0. The van der Waals surface area contributed by atoms with Gasteiger partial charge in [-0.2, -0.15) is 0 Å². The van der Waals surface area contributed by atoms with Crippen LogP contribution in [-0.2, 0) is 4.79 Å². The van der Waals surface area contributed by atoms with E-state index in [1.54, 1.807) is 0 Å². The first-order chi connectivity index (χ1) is 10.1. The van der Waals surface area contributed by atoms with Gasteiger partial charge in [0.1, 0.15) is 0 Å². The Morgan fingerprint density at radius 1 is 1.14 bits per heavy atom. The molecule has 0 spiro atoms. The molecular formula is C18H29NO2. The number of aliphatic hydroxyl groups excluding tert-OH is 1. The third-order valence-electron chi connectivity index (χ3n) is 7.00. The van der Waals surface area contributed by atoms with Crippen LogP contribution >= 0.6 is 0 Å². The first-order valence-electron chi connectivity index (χ1n) is 9.07. The van der Waals surface area contributed by atoms with Gasteiger partial charge in [0, 0.05) is 19.0 Å². The van der Waals surface area contributed by atoms with Crippen LogP contribution in [-0.4, -0.2) is 35.1 Å². The summed E-state index contributed by atoms with van der Waals surface area (Å²) in [6.45, 7) is 3.70. The number of hydrogen-bond acceptors (Lipinski definition) is 2. The van der Waals surface area contributed by atoms with Gasteiger partial charge >= 0.3 is 0 Å². The number of hydrogen-bond donors (Lipinski definition) is 1. The second-order valence-corrected chi connectivity index (χ2v) is 8.47. The molecule has 5 fully saturated rings. The molecule has 0 aromatic rings. The van der Waals surface area contributed by atoms with Crippen molar-refractivity contribution < 1.29 is 9.90 Å². The van der Waals surface area contributed by atoms with Gasteiger partial charge in [-0.05, 0) is 69.1 Å². The molecule has 3 heteroatoms. The lowest BCUT2D eigenvalue weighted by atomic mass is 9.49. The van der Waals surface area contributed by atoms with Gasteiger partial charge in [0.15, 0.2) is 0 Å². The van der Waals surface area contributed by atoms with Crippen LogP contribution in [0.25, 0.3) is 0 Å². The van der Waals surface area contributed by atoms with Gasteiger partial charge in [-0.3, -0.25) is 4.79 Å². The normalized spacial score (nSPS) is 48.7. The Hall–Kier alpha value is -0.570. The lowest BCUT2D eigenvalue weighted by molar-refractivity contribution is -0.161. The fraction of sp³-hybridized carbons (Fsp3) is 0.944. The Morgan fingerprint density at radius 2 is 1.71 bits per heavy atom. The first-order valence-corrected chi connectivity index (χ1v) is 9.07. The van der Waals surface area contributed by atoms with Crippen LogP contribution in [0.1, 0.15) is 58.3 Å². The maximum absolute atomic E-state index is 13.3. The maximum Gasteiger partial charge on any atom is 0.228 e. The average molecular weight is 291 g/mol. The fourth-order valence-electron chi connectivity index (χ4n) is 6.31. The number of carbonyl (C=O) groups is 1. The molecule has 4 saturated carbocycles. The number of nitrogens with zero attached hydrogens (tertiary/aromatic N) is 1. The van der Waals surface area contributed by atoms with Gasteiger partial charge in [0.25, 0.3) is 0 Å². The van der Waals surface area contributed by atoms with E-state index in [0.717, 1.165) is 62.9 Å². The molecule has 118 valence electrons. The highest BCUT2D eigenvalue weighted by atomic mass is 16.3. The van der Waals surface area contributed by atoms with E-state index in [0.29, 0.717) is 5.91 Å². The second kappa shape index (κ2) is 4.97. The average Bonchev–Trinajstić information content (AvgIpc) is 2.45. The van der Waals surface area contributed by atoms with Gasteiger partial charge < -0.3 is 10.0 Å². The summed E-state index contributed by atoms with van der Waals surface area (Å²) in [5.41, 5.74) is -0.00463. The first kappa shape index (κ1) is 14.0. The molecule has 1 amide bonds. The third kappa shape index (κ3) is 2.23. The zero-order valence-corrected chi connectivity index (χ0v) is 13.3. The zero-order valence-electron chi connectivity index (χ0n) is 13.3. The van der Waals surface area contributed by atoms with Gasteiger partial charge in [-0.1, -0.05) is 6.92 Å². The van der Waals surface area contributed by atoms with Crippen LogP contribution in [0.15, 0.2) is 0 Å². The number of carbonyl (C=O) groups excluding carboxylic acids is 1. The molecule has 5 rings (SSSR count). The molecule has 2 unspecified atom stereocenters. The Morgan fingerprint density at radius 3 is 2.24 bits per heavy atom. The van der Waals surface area contributed by atoms with E-state index >= 15 is 0 Å². The van der Waals surface area contributed by atoms with Gasteiger partial charge in [0.2, 0.25) is 5.91 Å². The van der Waals surface area contributed by atoms with E-state index < -0.39 is 0 Å². The molecule has 1 heterocycles. The van der Waals surface area contributed by atoms with Gasteiger partial charge in [-0.15, -0.1) is 0 Å². The van der Waals surface area contributed by atoms with Crippen LogP contribution in [0.2, 0.25) is 0 Å². The highest BCUT2D eigenvalue weighted by molar-refractivity contribution is 5.83. The zero-order chi connectivity index (χ0) is 14.6. The molecule has 2 atom stereocenters. The molecule has 4 bridgehead atoms. The predicted molar refractivity (Wildman–Crippen MR) is 81.6 cm³/mol. The van der Waals surface area contributed by atoms with E-state index in [1.807, 2.05) is 0 Å². The molecule has 1 aliphatic heterocycles. The van der Waals surface area contributed by atoms with Crippen molar-refractivity contribution in [1.82, 2.24) is 4.90 Å². The van der Waals surface area contributed by atoms with Crippen molar-refractivity contribution in [3.05, 3.63) is 0 Å². The summed E-state index contributed by atoms with van der Waals surface area (Å²) in [4.78, 5) is 15.4. The Kier molecular flexibility index (Phi) is 3.33. The molecule has 0 aromatic carbocycles. The minimum Gasteiger partial charge on any atom is -0.393 e. The van der Waals surface area contributed by atoms with Crippen LogP contribution < -0.4 is 0 Å². The SMILES string of the molecule is CCC1CN(C(=O)C23CC4CC(CC(C4)C2)C3)CCC1O. The molecule has 4 aliphatic carbocycles. The van der Waals surface area contributed by atoms with E-state index in [1.165, 1.54) is 19.3 Å². The smallest absolute Gasteiger partial charge is 0.228 e. The van der Waals surface area contributed by atoms with Crippen molar-refractivity contribution >= 4 is 5.91 Å². The highest BCUT2D eigenvalue weighted by Crippen LogP contribution is 2.60. The maximum atomic E-state index is 13.3. The van der Waals surface area contributed by atoms with Gasteiger partial charge in [0.05, 0.1) is 11.5 Å². The summed E-state index contributed by atoms with van der Waals surface area (Å²) < 4.78 is 0. The Labute approximate surface area is 128 Å². The minimum atomic E-state index is -0.199. The number of likely N-dealkylation sites (tertiary alicyclic amines) is 1. The molecule has 1 N–H and O–H groups in total.